The Balaban J connectivity index is 2.11. The third-order valence-corrected chi connectivity index (χ3v) is 4.96. The molecule has 1 aromatic heterocycles. The highest BCUT2D eigenvalue weighted by atomic mass is 35.5. The average molecular weight is 307 g/mol. The van der Waals surface area contributed by atoms with E-state index in [0.717, 1.165) is 28.5 Å². The summed E-state index contributed by atoms with van der Waals surface area (Å²) in [5.74, 6) is 2.55. The predicted octanol–water partition coefficient (Wildman–Crippen LogP) is 5.10. The lowest BCUT2D eigenvalue weighted by Gasteiger charge is -2.24. The fraction of sp³-hybridized carbons (Fsp3) is 0.588. The van der Waals surface area contributed by atoms with Crippen molar-refractivity contribution in [2.24, 2.45) is 5.92 Å². The molecule has 0 radical (unpaired) electrons. The maximum Gasteiger partial charge on any atom is 0.127 e. The number of halogens is 1. The second-order valence-electron chi connectivity index (χ2n) is 6.10. The number of rotatable bonds is 4. The predicted molar refractivity (Wildman–Crippen MR) is 87.2 cm³/mol. The van der Waals surface area contributed by atoms with Gasteiger partial charge in [0.05, 0.1) is 23.5 Å². The highest BCUT2D eigenvalue weighted by Gasteiger charge is 2.27. The Bertz CT molecular complexity index is 629. The molecule has 0 aliphatic heterocycles. The molecule has 3 rings (SSSR count). The number of benzene rings is 1. The van der Waals surface area contributed by atoms with Crippen LogP contribution in [0.25, 0.3) is 11.0 Å². The highest BCUT2D eigenvalue weighted by Crippen LogP contribution is 2.38. The maximum absolute atomic E-state index is 6.39. The number of methoxy groups -OCH3 is 1. The van der Waals surface area contributed by atoms with E-state index in [2.05, 4.69) is 17.6 Å². The number of hydrogen-bond donors (Lipinski definition) is 0. The van der Waals surface area contributed by atoms with Crippen LogP contribution in [0.4, 0.5) is 0 Å². The minimum absolute atomic E-state index is 0.0905. The van der Waals surface area contributed by atoms with Crippen LogP contribution in [0.5, 0.6) is 5.75 Å². The van der Waals surface area contributed by atoms with E-state index in [1.54, 1.807) is 7.11 Å². The molecular formula is C17H23ClN2O. The van der Waals surface area contributed by atoms with Gasteiger partial charge in [-0.3, -0.25) is 0 Å². The van der Waals surface area contributed by atoms with Crippen molar-refractivity contribution in [2.75, 3.05) is 7.11 Å². The van der Waals surface area contributed by atoms with Gasteiger partial charge in [0.2, 0.25) is 0 Å². The summed E-state index contributed by atoms with van der Waals surface area (Å²) in [5.41, 5.74) is 2.14. The third-order valence-electron chi connectivity index (χ3n) is 4.77. The summed E-state index contributed by atoms with van der Waals surface area (Å²) >= 11 is 6.39. The van der Waals surface area contributed by atoms with Gasteiger partial charge in [-0.15, -0.1) is 11.6 Å². The Morgan fingerprint density at radius 3 is 2.62 bits per heavy atom. The van der Waals surface area contributed by atoms with Crippen molar-refractivity contribution in [1.29, 1.82) is 0 Å². The molecular weight excluding hydrogens is 284 g/mol. The van der Waals surface area contributed by atoms with E-state index >= 15 is 0 Å². The monoisotopic (exact) mass is 306 g/mol. The molecule has 0 amide bonds. The van der Waals surface area contributed by atoms with Gasteiger partial charge in [0.1, 0.15) is 11.6 Å². The SMILES string of the molecule is COc1ccc2c(c1)nc(C(C)Cl)n2C(C)C1CCCC1. The van der Waals surface area contributed by atoms with Crippen molar-refractivity contribution in [3.8, 4) is 5.75 Å². The summed E-state index contributed by atoms with van der Waals surface area (Å²) < 4.78 is 7.66. The Hall–Kier alpha value is -1.22. The fourth-order valence-electron chi connectivity index (χ4n) is 3.58. The van der Waals surface area contributed by atoms with Gasteiger partial charge in [0.15, 0.2) is 0 Å². The van der Waals surface area contributed by atoms with Crippen molar-refractivity contribution in [3.63, 3.8) is 0 Å². The molecule has 114 valence electrons. The minimum Gasteiger partial charge on any atom is -0.497 e. The molecule has 2 atom stereocenters. The molecule has 1 aromatic carbocycles. The number of hydrogen-bond acceptors (Lipinski definition) is 2. The molecule has 0 spiro atoms. The summed E-state index contributed by atoms with van der Waals surface area (Å²) in [4.78, 5) is 4.76. The molecule has 0 N–H and O–H groups in total. The van der Waals surface area contributed by atoms with Crippen molar-refractivity contribution in [1.82, 2.24) is 9.55 Å². The molecule has 1 fully saturated rings. The lowest BCUT2D eigenvalue weighted by molar-refractivity contribution is 0.359. The van der Waals surface area contributed by atoms with Crippen molar-refractivity contribution in [3.05, 3.63) is 24.0 Å². The molecule has 4 heteroatoms. The third kappa shape index (κ3) is 2.64. The summed E-state index contributed by atoms with van der Waals surface area (Å²) in [6.45, 7) is 4.31. The smallest absolute Gasteiger partial charge is 0.127 e. The Kier molecular flexibility index (Phi) is 4.12. The van der Waals surface area contributed by atoms with Gasteiger partial charge in [0, 0.05) is 12.1 Å². The van der Waals surface area contributed by atoms with E-state index in [9.17, 15) is 0 Å². The van der Waals surface area contributed by atoms with Crippen LogP contribution in [0.3, 0.4) is 0 Å². The van der Waals surface area contributed by atoms with Gasteiger partial charge in [-0.05, 0) is 44.7 Å². The first-order valence-corrected chi connectivity index (χ1v) is 8.25. The van der Waals surface area contributed by atoms with Gasteiger partial charge in [-0.1, -0.05) is 12.8 Å². The van der Waals surface area contributed by atoms with E-state index < -0.39 is 0 Å². The molecule has 1 heterocycles. The number of imidazole rings is 1. The first-order valence-electron chi connectivity index (χ1n) is 7.81. The van der Waals surface area contributed by atoms with E-state index in [1.165, 1.54) is 25.7 Å². The second kappa shape index (κ2) is 5.88. The lowest BCUT2D eigenvalue weighted by atomic mass is 9.99. The molecule has 2 unspecified atom stereocenters. The minimum atomic E-state index is -0.0905. The van der Waals surface area contributed by atoms with Crippen LogP contribution >= 0.6 is 11.6 Å². The summed E-state index contributed by atoms with van der Waals surface area (Å²) in [5, 5.41) is -0.0905. The first kappa shape index (κ1) is 14.7. The molecule has 3 nitrogen and oxygen atoms in total. The Morgan fingerprint density at radius 1 is 1.29 bits per heavy atom. The lowest BCUT2D eigenvalue weighted by Crippen LogP contribution is -2.17. The zero-order valence-corrected chi connectivity index (χ0v) is 13.7. The van der Waals surface area contributed by atoms with Crippen LogP contribution in [0.1, 0.15) is 56.8 Å². The van der Waals surface area contributed by atoms with Gasteiger partial charge in [-0.2, -0.15) is 0 Å². The fourth-order valence-corrected chi connectivity index (χ4v) is 3.74. The van der Waals surface area contributed by atoms with E-state index in [4.69, 9.17) is 21.3 Å². The number of aromatic nitrogens is 2. The molecule has 1 saturated carbocycles. The summed E-state index contributed by atoms with van der Waals surface area (Å²) in [7, 11) is 1.68. The van der Waals surface area contributed by atoms with Crippen molar-refractivity contribution in [2.45, 2.75) is 50.9 Å². The number of fused-ring (bicyclic) bond motifs is 1. The topological polar surface area (TPSA) is 27.1 Å². The van der Waals surface area contributed by atoms with Crippen LogP contribution in [0.15, 0.2) is 18.2 Å². The summed E-state index contributed by atoms with van der Waals surface area (Å²) in [6.07, 6.45) is 5.32. The van der Waals surface area contributed by atoms with Crippen LogP contribution in [0, 0.1) is 5.92 Å². The van der Waals surface area contributed by atoms with Crippen LogP contribution in [-0.4, -0.2) is 16.7 Å². The van der Waals surface area contributed by atoms with E-state index in [1.807, 2.05) is 19.1 Å². The first-order chi connectivity index (χ1) is 10.1. The molecule has 0 bridgehead atoms. The number of alkyl halides is 1. The second-order valence-corrected chi connectivity index (χ2v) is 6.75. The van der Waals surface area contributed by atoms with Crippen molar-refractivity contribution < 1.29 is 4.74 Å². The molecule has 21 heavy (non-hydrogen) atoms. The average Bonchev–Trinajstić information content (AvgIpc) is 3.13. The van der Waals surface area contributed by atoms with Crippen LogP contribution in [-0.2, 0) is 0 Å². The maximum atomic E-state index is 6.39. The quantitative estimate of drug-likeness (QED) is 0.735. The zero-order valence-electron chi connectivity index (χ0n) is 13.0. The van der Waals surface area contributed by atoms with Gasteiger partial charge in [-0.25, -0.2) is 4.98 Å². The summed E-state index contributed by atoms with van der Waals surface area (Å²) in [6, 6.07) is 6.55. The van der Waals surface area contributed by atoms with Gasteiger partial charge >= 0.3 is 0 Å². The molecule has 1 aliphatic carbocycles. The van der Waals surface area contributed by atoms with Crippen LogP contribution < -0.4 is 4.74 Å². The standard InChI is InChI=1S/C17H23ClN2O/c1-11(18)17-19-15-10-14(21-3)8-9-16(15)20(17)12(2)13-6-4-5-7-13/h8-13H,4-7H2,1-3H3. The molecule has 2 aromatic rings. The zero-order chi connectivity index (χ0) is 15.0. The highest BCUT2D eigenvalue weighted by molar-refractivity contribution is 6.20. The Morgan fingerprint density at radius 2 is 2.00 bits per heavy atom. The van der Waals surface area contributed by atoms with Crippen molar-refractivity contribution >= 4 is 22.6 Å². The van der Waals surface area contributed by atoms with E-state index in [0.29, 0.717) is 6.04 Å². The Labute approximate surface area is 131 Å². The van der Waals surface area contributed by atoms with Gasteiger partial charge < -0.3 is 9.30 Å². The largest absolute Gasteiger partial charge is 0.497 e. The molecule has 1 aliphatic rings. The molecule has 0 saturated heterocycles. The van der Waals surface area contributed by atoms with Crippen LogP contribution in [0.2, 0.25) is 0 Å². The van der Waals surface area contributed by atoms with Gasteiger partial charge in [0.25, 0.3) is 0 Å². The number of ether oxygens (including phenoxy) is 1. The van der Waals surface area contributed by atoms with E-state index in [-0.39, 0.29) is 5.38 Å². The normalized spacial score (nSPS) is 19.0. The number of nitrogens with zero attached hydrogens (tertiary/aromatic N) is 2.